The zero-order valence-electron chi connectivity index (χ0n) is 16.1. The summed E-state index contributed by atoms with van der Waals surface area (Å²) in [7, 11) is 0. The van der Waals surface area contributed by atoms with E-state index in [2.05, 4.69) is 23.6 Å². The Kier molecular flexibility index (Phi) is 7.69. The molecule has 146 valence electrons. The highest BCUT2D eigenvalue weighted by Crippen LogP contribution is 2.21. The summed E-state index contributed by atoms with van der Waals surface area (Å²) in [6.07, 6.45) is 2.43. The number of phenolic OH excluding ortho intramolecular Hbond substituents is 1. The molecular formula is C22H29ClN2O2. The molecule has 0 radical (unpaired) electrons. The van der Waals surface area contributed by atoms with Crippen LogP contribution in [0.5, 0.6) is 5.75 Å². The molecule has 1 aliphatic rings. The summed E-state index contributed by atoms with van der Waals surface area (Å²) in [6.45, 7) is 8.79. The molecule has 4 nitrogen and oxygen atoms in total. The van der Waals surface area contributed by atoms with Gasteiger partial charge in [-0.15, -0.1) is 12.4 Å². The number of anilines is 1. The van der Waals surface area contributed by atoms with Gasteiger partial charge in [0.25, 0.3) is 0 Å². The third kappa shape index (κ3) is 5.02. The van der Waals surface area contributed by atoms with Crippen LogP contribution in [0.1, 0.15) is 42.6 Å². The standard InChI is InChI=1S/C22H28N2O2.ClH/c1-3-19(4-2)23-13-15-24(16-14-23)20-9-5-17(6-10-20)22(26)18-7-11-21(25)12-8-18;/h5-12,19,25H,3-4,13-16H2,1-2H3;1H. The first kappa shape index (κ1) is 21.3. The lowest BCUT2D eigenvalue weighted by Gasteiger charge is -2.39. The molecule has 1 N–H and O–H groups in total. The molecule has 0 aliphatic carbocycles. The Morgan fingerprint density at radius 3 is 1.85 bits per heavy atom. The normalized spacial score (nSPS) is 14.9. The number of benzene rings is 2. The highest BCUT2D eigenvalue weighted by Gasteiger charge is 2.22. The number of nitrogens with zero attached hydrogens (tertiary/aromatic N) is 2. The molecular weight excluding hydrogens is 360 g/mol. The Morgan fingerprint density at radius 1 is 0.889 bits per heavy atom. The van der Waals surface area contributed by atoms with Gasteiger partial charge < -0.3 is 10.0 Å². The summed E-state index contributed by atoms with van der Waals surface area (Å²) in [4.78, 5) is 17.5. The summed E-state index contributed by atoms with van der Waals surface area (Å²) >= 11 is 0. The van der Waals surface area contributed by atoms with E-state index in [9.17, 15) is 9.90 Å². The topological polar surface area (TPSA) is 43.8 Å². The van der Waals surface area contributed by atoms with Gasteiger partial charge in [-0.05, 0) is 61.4 Å². The molecule has 1 aliphatic heterocycles. The summed E-state index contributed by atoms with van der Waals surface area (Å²) in [5, 5.41) is 9.35. The number of hydrogen-bond donors (Lipinski definition) is 1. The van der Waals surface area contributed by atoms with E-state index in [0.717, 1.165) is 26.2 Å². The quantitative estimate of drug-likeness (QED) is 0.747. The highest BCUT2D eigenvalue weighted by molar-refractivity contribution is 6.09. The average molecular weight is 389 g/mol. The van der Waals surface area contributed by atoms with E-state index >= 15 is 0 Å². The lowest BCUT2D eigenvalue weighted by Crippen LogP contribution is -2.50. The number of piperazine rings is 1. The zero-order valence-corrected chi connectivity index (χ0v) is 16.9. The van der Waals surface area contributed by atoms with Crippen LogP contribution < -0.4 is 4.90 Å². The SMILES string of the molecule is CCC(CC)N1CCN(c2ccc(C(=O)c3ccc(O)cc3)cc2)CC1.Cl. The van der Waals surface area contributed by atoms with Crippen molar-refractivity contribution in [3.63, 3.8) is 0 Å². The van der Waals surface area contributed by atoms with Crippen LogP contribution in [0, 0.1) is 0 Å². The van der Waals surface area contributed by atoms with Gasteiger partial charge in [0.05, 0.1) is 0 Å². The second kappa shape index (κ2) is 9.77. The van der Waals surface area contributed by atoms with Crippen LogP contribution in [-0.4, -0.2) is 48.0 Å². The van der Waals surface area contributed by atoms with E-state index < -0.39 is 0 Å². The molecule has 0 unspecified atom stereocenters. The van der Waals surface area contributed by atoms with Gasteiger partial charge in [0.2, 0.25) is 0 Å². The van der Waals surface area contributed by atoms with Crippen LogP contribution in [0.3, 0.4) is 0 Å². The van der Waals surface area contributed by atoms with Gasteiger partial charge in [0.1, 0.15) is 5.75 Å². The summed E-state index contributed by atoms with van der Waals surface area (Å²) in [5.41, 5.74) is 2.45. The van der Waals surface area contributed by atoms with Crippen molar-refractivity contribution in [2.45, 2.75) is 32.7 Å². The van der Waals surface area contributed by atoms with Gasteiger partial charge in [-0.2, -0.15) is 0 Å². The van der Waals surface area contributed by atoms with Crippen LogP contribution in [0.25, 0.3) is 0 Å². The monoisotopic (exact) mass is 388 g/mol. The molecule has 0 aromatic heterocycles. The lowest BCUT2D eigenvalue weighted by molar-refractivity contribution is 0.103. The lowest BCUT2D eigenvalue weighted by atomic mass is 10.0. The number of halogens is 1. The van der Waals surface area contributed by atoms with Crippen molar-refractivity contribution in [1.82, 2.24) is 4.90 Å². The van der Waals surface area contributed by atoms with Crippen molar-refractivity contribution in [3.05, 3.63) is 59.7 Å². The van der Waals surface area contributed by atoms with Gasteiger partial charge in [-0.1, -0.05) is 13.8 Å². The number of aromatic hydroxyl groups is 1. The van der Waals surface area contributed by atoms with E-state index in [4.69, 9.17) is 0 Å². The van der Waals surface area contributed by atoms with Crippen LogP contribution in [0.4, 0.5) is 5.69 Å². The molecule has 0 saturated carbocycles. The molecule has 0 amide bonds. The molecule has 1 fully saturated rings. The predicted molar refractivity (Wildman–Crippen MR) is 113 cm³/mol. The van der Waals surface area contributed by atoms with Crippen molar-refractivity contribution < 1.29 is 9.90 Å². The summed E-state index contributed by atoms with van der Waals surface area (Å²) in [6, 6.07) is 15.0. The average Bonchev–Trinajstić information content (AvgIpc) is 2.70. The van der Waals surface area contributed by atoms with Crippen LogP contribution in [-0.2, 0) is 0 Å². The number of phenols is 1. The molecule has 0 atom stereocenters. The highest BCUT2D eigenvalue weighted by atomic mass is 35.5. The van der Waals surface area contributed by atoms with Crippen molar-refractivity contribution in [1.29, 1.82) is 0 Å². The second-order valence-electron chi connectivity index (χ2n) is 6.92. The predicted octanol–water partition coefficient (Wildman–Crippen LogP) is 4.36. The maximum absolute atomic E-state index is 12.5. The Hall–Kier alpha value is -2.04. The van der Waals surface area contributed by atoms with E-state index in [1.807, 2.05) is 24.3 Å². The maximum atomic E-state index is 12.5. The van der Waals surface area contributed by atoms with Crippen molar-refractivity contribution in [2.24, 2.45) is 0 Å². The Balaban J connectivity index is 0.00000261. The fourth-order valence-corrected chi connectivity index (χ4v) is 3.75. The van der Waals surface area contributed by atoms with Crippen LogP contribution in [0.15, 0.2) is 48.5 Å². The smallest absolute Gasteiger partial charge is 0.193 e. The number of hydrogen-bond acceptors (Lipinski definition) is 4. The molecule has 5 heteroatoms. The van der Waals surface area contributed by atoms with Gasteiger partial charge in [0.15, 0.2) is 5.78 Å². The maximum Gasteiger partial charge on any atom is 0.193 e. The van der Waals surface area contributed by atoms with Crippen molar-refractivity contribution >= 4 is 23.9 Å². The molecule has 1 saturated heterocycles. The molecule has 27 heavy (non-hydrogen) atoms. The van der Waals surface area contributed by atoms with Crippen LogP contribution in [0.2, 0.25) is 0 Å². The van der Waals surface area contributed by atoms with Gasteiger partial charge in [-0.25, -0.2) is 0 Å². The molecule has 0 bridgehead atoms. The summed E-state index contributed by atoms with van der Waals surface area (Å²) in [5.74, 6) is 0.152. The first-order valence-electron chi connectivity index (χ1n) is 9.55. The van der Waals surface area contributed by atoms with Gasteiger partial charge >= 0.3 is 0 Å². The molecule has 1 heterocycles. The van der Waals surface area contributed by atoms with Crippen LogP contribution >= 0.6 is 12.4 Å². The van der Waals surface area contributed by atoms with E-state index in [1.54, 1.807) is 24.3 Å². The third-order valence-corrected chi connectivity index (χ3v) is 5.40. The Bertz CT molecular complexity index is 719. The van der Waals surface area contributed by atoms with Crippen molar-refractivity contribution in [3.8, 4) is 5.75 Å². The zero-order chi connectivity index (χ0) is 18.5. The fraction of sp³-hybridized carbons (Fsp3) is 0.409. The first-order chi connectivity index (χ1) is 12.6. The minimum Gasteiger partial charge on any atom is -0.508 e. The van der Waals surface area contributed by atoms with Gasteiger partial charge in [-0.3, -0.25) is 9.69 Å². The van der Waals surface area contributed by atoms with E-state index in [-0.39, 0.29) is 23.9 Å². The van der Waals surface area contributed by atoms with E-state index in [1.165, 1.54) is 18.5 Å². The van der Waals surface area contributed by atoms with E-state index in [0.29, 0.717) is 17.2 Å². The third-order valence-electron chi connectivity index (χ3n) is 5.40. The minimum absolute atomic E-state index is 0. The molecule has 3 rings (SSSR count). The molecule has 2 aromatic rings. The second-order valence-corrected chi connectivity index (χ2v) is 6.92. The first-order valence-corrected chi connectivity index (χ1v) is 9.55. The Labute approximate surface area is 168 Å². The van der Waals surface area contributed by atoms with Gasteiger partial charge in [0, 0.05) is 49.0 Å². The Morgan fingerprint density at radius 2 is 1.37 bits per heavy atom. The number of ketones is 1. The minimum atomic E-state index is -0.0184. The fourth-order valence-electron chi connectivity index (χ4n) is 3.75. The molecule has 0 spiro atoms. The largest absolute Gasteiger partial charge is 0.508 e. The number of rotatable bonds is 6. The number of carbonyl (C=O) groups excluding carboxylic acids is 1. The molecule has 2 aromatic carbocycles. The number of carbonyl (C=O) groups is 1. The summed E-state index contributed by atoms with van der Waals surface area (Å²) < 4.78 is 0. The van der Waals surface area contributed by atoms with Crippen molar-refractivity contribution in [2.75, 3.05) is 31.1 Å².